The molecule has 1 aromatic rings. The van der Waals surface area contributed by atoms with Crippen molar-refractivity contribution >= 4 is 11.4 Å². The minimum Gasteiger partial charge on any atom is -0.369 e. The van der Waals surface area contributed by atoms with Gasteiger partial charge in [-0.25, -0.2) is 4.98 Å². The first kappa shape index (κ1) is 8.12. The molecule has 2 rings (SSSR count). The summed E-state index contributed by atoms with van der Waals surface area (Å²) in [6, 6.07) is 2.93. The summed E-state index contributed by atoms with van der Waals surface area (Å²) in [6.45, 7) is 1.11. The Hall–Kier alpha value is -1.49. The molecule has 1 aliphatic rings. The summed E-state index contributed by atoms with van der Waals surface area (Å²) in [6.07, 6.45) is 1.38. The number of hydrogen-bond donors (Lipinski definition) is 1. The smallest absolute Gasteiger partial charge is 0.214 e. The number of hydrogen-bond acceptors (Lipinski definition) is 4. The fraction of sp³-hybridized carbons (Fsp3) is 0.250. The lowest BCUT2D eigenvalue weighted by Gasteiger charge is -2.15. The van der Waals surface area contributed by atoms with Crippen molar-refractivity contribution in [2.24, 2.45) is 5.10 Å². The summed E-state index contributed by atoms with van der Waals surface area (Å²) in [7, 11) is 0. The molecule has 68 valence electrons. The van der Waals surface area contributed by atoms with Gasteiger partial charge >= 0.3 is 0 Å². The summed E-state index contributed by atoms with van der Waals surface area (Å²) in [5.41, 5.74) is 4.23. The second-order valence-electron chi connectivity index (χ2n) is 2.65. The molecule has 13 heavy (non-hydrogen) atoms. The third-order valence-corrected chi connectivity index (χ3v) is 1.61. The minimum absolute atomic E-state index is 0.518. The van der Waals surface area contributed by atoms with E-state index in [1.165, 1.54) is 12.3 Å². The van der Waals surface area contributed by atoms with Crippen molar-refractivity contribution in [3.8, 4) is 0 Å². The Kier molecular flexibility index (Phi) is 2.18. The van der Waals surface area contributed by atoms with E-state index in [9.17, 15) is 4.39 Å². The molecule has 1 N–H and O–H groups in total. The molecule has 0 aliphatic carbocycles. The maximum atomic E-state index is 12.6. The largest absolute Gasteiger partial charge is 0.369 e. The Labute approximate surface area is 74.4 Å². The third-order valence-electron chi connectivity index (χ3n) is 1.61. The van der Waals surface area contributed by atoms with Crippen LogP contribution in [0.4, 0.5) is 10.1 Å². The molecular formula is C8H8FN3O. The highest BCUT2D eigenvalue weighted by Crippen LogP contribution is 2.07. The molecule has 4 nitrogen and oxygen atoms in total. The van der Waals surface area contributed by atoms with E-state index in [0.717, 1.165) is 5.71 Å². The molecule has 0 bridgehead atoms. The molecule has 0 unspecified atom stereocenters. The van der Waals surface area contributed by atoms with Gasteiger partial charge in [-0.2, -0.15) is 9.49 Å². The van der Waals surface area contributed by atoms with E-state index in [2.05, 4.69) is 15.5 Å². The molecule has 1 fully saturated rings. The zero-order valence-electron chi connectivity index (χ0n) is 6.83. The van der Waals surface area contributed by atoms with Gasteiger partial charge in [-0.1, -0.05) is 0 Å². The van der Waals surface area contributed by atoms with Crippen molar-refractivity contribution in [1.82, 2.24) is 4.98 Å². The quantitative estimate of drug-likeness (QED) is 0.547. The number of anilines is 1. The van der Waals surface area contributed by atoms with Gasteiger partial charge in [0.1, 0.15) is 0 Å². The van der Waals surface area contributed by atoms with Gasteiger partial charge in [-0.3, -0.25) is 5.43 Å². The van der Waals surface area contributed by atoms with Crippen LogP contribution in [0, 0.1) is 5.95 Å². The highest BCUT2D eigenvalue weighted by Gasteiger charge is 2.09. The highest BCUT2D eigenvalue weighted by atomic mass is 19.1. The average Bonchev–Trinajstić information content (AvgIpc) is 2.01. The molecule has 0 amide bonds. The summed E-state index contributed by atoms with van der Waals surface area (Å²) in [5.74, 6) is -0.518. The number of aromatic nitrogens is 1. The van der Waals surface area contributed by atoms with E-state index in [1.807, 2.05) is 0 Å². The molecule has 0 radical (unpaired) electrons. The SMILES string of the molecule is Fc1cc(NN=C2COC2)ccn1. The van der Waals surface area contributed by atoms with Gasteiger partial charge in [0.2, 0.25) is 5.95 Å². The Morgan fingerprint density at radius 3 is 3.00 bits per heavy atom. The minimum atomic E-state index is -0.518. The molecule has 2 heterocycles. The zero-order chi connectivity index (χ0) is 9.10. The molecular weight excluding hydrogens is 173 g/mol. The molecule has 0 aromatic carbocycles. The van der Waals surface area contributed by atoms with Gasteiger partial charge in [-0.15, -0.1) is 0 Å². The number of halogens is 1. The van der Waals surface area contributed by atoms with E-state index in [4.69, 9.17) is 4.74 Å². The number of pyridine rings is 1. The van der Waals surface area contributed by atoms with Gasteiger partial charge in [-0.05, 0) is 6.07 Å². The lowest BCUT2D eigenvalue weighted by molar-refractivity contribution is 0.159. The second-order valence-corrected chi connectivity index (χ2v) is 2.65. The molecule has 0 spiro atoms. The van der Waals surface area contributed by atoms with Crippen LogP contribution in [0.3, 0.4) is 0 Å². The van der Waals surface area contributed by atoms with E-state index >= 15 is 0 Å². The average molecular weight is 181 g/mol. The van der Waals surface area contributed by atoms with Gasteiger partial charge in [0.25, 0.3) is 0 Å². The van der Waals surface area contributed by atoms with Gasteiger partial charge < -0.3 is 4.74 Å². The third kappa shape index (κ3) is 2.00. The van der Waals surface area contributed by atoms with Crippen LogP contribution in [0.1, 0.15) is 0 Å². The predicted molar refractivity (Wildman–Crippen MR) is 46.1 cm³/mol. The fourth-order valence-electron chi connectivity index (χ4n) is 0.874. The number of rotatable bonds is 2. The maximum absolute atomic E-state index is 12.6. The van der Waals surface area contributed by atoms with Crippen LogP contribution in [0.2, 0.25) is 0 Å². The van der Waals surface area contributed by atoms with Crippen LogP contribution in [0.15, 0.2) is 23.4 Å². The van der Waals surface area contributed by atoms with Crippen molar-refractivity contribution in [1.29, 1.82) is 0 Å². The van der Waals surface area contributed by atoms with Crippen LogP contribution in [0.25, 0.3) is 0 Å². The molecule has 1 aromatic heterocycles. The first-order chi connectivity index (χ1) is 6.34. The number of ether oxygens (including phenoxy) is 1. The Balaban J connectivity index is 2.01. The number of nitrogens with zero attached hydrogens (tertiary/aromatic N) is 2. The second kappa shape index (κ2) is 3.49. The summed E-state index contributed by atoms with van der Waals surface area (Å²) < 4.78 is 17.5. The van der Waals surface area contributed by atoms with E-state index in [0.29, 0.717) is 18.9 Å². The maximum Gasteiger partial charge on any atom is 0.214 e. The first-order valence-electron chi connectivity index (χ1n) is 3.85. The van der Waals surface area contributed by atoms with Crippen LogP contribution < -0.4 is 5.43 Å². The standard InChI is InChI=1S/C8H8FN3O/c9-8-3-6(1-2-10-8)11-12-7-4-13-5-7/h1-3H,4-5H2,(H,10,11). The summed E-state index contributed by atoms with van der Waals surface area (Å²) in [5, 5.41) is 3.99. The Morgan fingerprint density at radius 1 is 1.54 bits per heavy atom. The predicted octanol–water partition coefficient (Wildman–Crippen LogP) is 1.02. The zero-order valence-corrected chi connectivity index (χ0v) is 6.83. The molecule has 5 heteroatoms. The first-order valence-corrected chi connectivity index (χ1v) is 3.85. The van der Waals surface area contributed by atoms with Crippen molar-refractivity contribution in [3.05, 3.63) is 24.3 Å². The van der Waals surface area contributed by atoms with E-state index in [1.54, 1.807) is 6.07 Å². The van der Waals surface area contributed by atoms with Crippen molar-refractivity contribution in [2.75, 3.05) is 18.6 Å². The van der Waals surface area contributed by atoms with Crippen LogP contribution >= 0.6 is 0 Å². The lowest BCUT2D eigenvalue weighted by Crippen LogP contribution is -2.28. The topological polar surface area (TPSA) is 46.5 Å². The van der Waals surface area contributed by atoms with Crippen molar-refractivity contribution < 1.29 is 9.13 Å². The van der Waals surface area contributed by atoms with Gasteiger partial charge in [0.05, 0.1) is 24.6 Å². The van der Waals surface area contributed by atoms with Crippen LogP contribution in [-0.4, -0.2) is 23.9 Å². The number of nitrogens with one attached hydrogen (secondary N) is 1. The fourth-order valence-corrected chi connectivity index (χ4v) is 0.874. The normalized spacial score (nSPS) is 15.0. The van der Waals surface area contributed by atoms with Crippen LogP contribution in [0.5, 0.6) is 0 Å². The van der Waals surface area contributed by atoms with Crippen molar-refractivity contribution in [2.45, 2.75) is 0 Å². The molecule has 1 aliphatic heterocycles. The van der Waals surface area contributed by atoms with Gasteiger partial charge in [0, 0.05) is 12.3 Å². The van der Waals surface area contributed by atoms with Crippen molar-refractivity contribution in [3.63, 3.8) is 0 Å². The van der Waals surface area contributed by atoms with Crippen LogP contribution in [-0.2, 0) is 4.74 Å². The highest BCUT2D eigenvalue weighted by molar-refractivity contribution is 5.91. The summed E-state index contributed by atoms with van der Waals surface area (Å²) in [4.78, 5) is 3.42. The monoisotopic (exact) mass is 181 g/mol. The Morgan fingerprint density at radius 2 is 2.38 bits per heavy atom. The van der Waals surface area contributed by atoms with E-state index < -0.39 is 5.95 Å². The molecule has 0 atom stereocenters. The molecule has 1 saturated heterocycles. The Bertz CT molecular complexity index is 334. The lowest BCUT2D eigenvalue weighted by atomic mass is 10.3. The summed E-state index contributed by atoms with van der Waals surface area (Å²) >= 11 is 0. The molecule has 0 saturated carbocycles. The van der Waals surface area contributed by atoms with Gasteiger partial charge in [0.15, 0.2) is 0 Å². The van der Waals surface area contributed by atoms with E-state index in [-0.39, 0.29) is 0 Å². The number of hydrazone groups is 1.